The number of rotatable bonds is 3. The molecule has 108 valence electrons. The monoisotopic (exact) mass is 400 g/mol. The molecule has 0 aliphatic carbocycles. The lowest BCUT2D eigenvalue weighted by atomic mass is 10.2. The van der Waals surface area contributed by atoms with Crippen LogP contribution in [0.4, 0.5) is 4.39 Å². The fourth-order valence-electron chi connectivity index (χ4n) is 1.59. The van der Waals surface area contributed by atoms with Crippen LogP contribution >= 0.6 is 22.6 Å². The third-order valence-electron chi connectivity index (χ3n) is 2.64. The summed E-state index contributed by atoms with van der Waals surface area (Å²) in [6.45, 7) is 0. The van der Waals surface area contributed by atoms with Crippen molar-refractivity contribution in [2.45, 2.75) is 0 Å². The summed E-state index contributed by atoms with van der Waals surface area (Å²) in [5.41, 5.74) is 0.628. The zero-order valence-electron chi connectivity index (χ0n) is 10.9. The Kier molecular flexibility index (Phi) is 4.89. The Morgan fingerprint density at radius 3 is 2.29 bits per heavy atom. The van der Waals surface area contributed by atoms with Gasteiger partial charge in [-0.2, -0.15) is 0 Å². The maximum Gasteiger partial charge on any atom is 0.344 e. The molecule has 21 heavy (non-hydrogen) atoms. The molecular weight excluding hydrogens is 390 g/mol. The number of ether oxygens (including phenoxy) is 2. The quantitative estimate of drug-likeness (QED) is 0.450. The molecule has 0 unspecified atom stereocenters. The Morgan fingerprint density at radius 1 is 1.05 bits per heavy atom. The van der Waals surface area contributed by atoms with Gasteiger partial charge in [-0.3, -0.25) is 0 Å². The number of carbonyl (C=O) groups is 2. The van der Waals surface area contributed by atoms with Crippen molar-refractivity contribution < 1.29 is 23.5 Å². The number of hydrogen-bond donors (Lipinski definition) is 0. The van der Waals surface area contributed by atoms with Crippen LogP contribution in [-0.2, 0) is 4.74 Å². The van der Waals surface area contributed by atoms with Crippen LogP contribution in [0.25, 0.3) is 0 Å². The molecule has 0 saturated heterocycles. The van der Waals surface area contributed by atoms with E-state index in [1.807, 2.05) is 22.6 Å². The minimum atomic E-state index is -0.592. The zero-order chi connectivity index (χ0) is 15.4. The van der Waals surface area contributed by atoms with Crippen molar-refractivity contribution in [1.82, 2.24) is 0 Å². The van der Waals surface area contributed by atoms with Gasteiger partial charge in [0.15, 0.2) is 0 Å². The average molecular weight is 400 g/mol. The van der Waals surface area contributed by atoms with Gasteiger partial charge in [0, 0.05) is 3.57 Å². The highest BCUT2D eigenvalue weighted by Gasteiger charge is 2.13. The molecule has 2 rings (SSSR count). The highest BCUT2D eigenvalue weighted by molar-refractivity contribution is 14.1. The van der Waals surface area contributed by atoms with E-state index in [-0.39, 0.29) is 11.3 Å². The summed E-state index contributed by atoms with van der Waals surface area (Å²) in [5.74, 6) is -1.20. The molecule has 2 aromatic rings. The Bertz CT molecular complexity index is 683. The first-order valence-electron chi connectivity index (χ1n) is 5.87. The van der Waals surface area contributed by atoms with E-state index in [4.69, 9.17) is 4.74 Å². The number of esters is 2. The summed E-state index contributed by atoms with van der Waals surface area (Å²) in [7, 11) is 1.28. The summed E-state index contributed by atoms with van der Waals surface area (Å²) in [5, 5.41) is 0. The van der Waals surface area contributed by atoms with Crippen molar-refractivity contribution in [3.8, 4) is 5.75 Å². The van der Waals surface area contributed by atoms with Crippen LogP contribution in [0.3, 0.4) is 0 Å². The summed E-state index contributed by atoms with van der Waals surface area (Å²) in [6, 6.07) is 9.76. The van der Waals surface area contributed by atoms with E-state index < -0.39 is 17.8 Å². The second-order valence-electron chi connectivity index (χ2n) is 4.03. The molecule has 0 atom stereocenters. The van der Waals surface area contributed by atoms with E-state index in [1.54, 1.807) is 0 Å². The number of methoxy groups -OCH3 is 1. The molecule has 0 heterocycles. The molecule has 0 bridgehead atoms. The van der Waals surface area contributed by atoms with Crippen molar-refractivity contribution in [2.24, 2.45) is 0 Å². The van der Waals surface area contributed by atoms with Crippen molar-refractivity contribution in [1.29, 1.82) is 0 Å². The minimum absolute atomic E-state index is 0.272. The molecule has 0 amide bonds. The van der Waals surface area contributed by atoms with Crippen LogP contribution in [0, 0.1) is 9.39 Å². The highest BCUT2D eigenvalue weighted by atomic mass is 127. The first-order chi connectivity index (χ1) is 10.0. The number of benzene rings is 2. The Morgan fingerprint density at radius 2 is 1.71 bits per heavy atom. The van der Waals surface area contributed by atoms with Gasteiger partial charge >= 0.3 is 11.9 Å². The fraction of sp³-hybridized carbons (Fsp3) is 0.0667. The maximum atomic E-state index is 13.0. The van der Waals surface area contributed by atoms with Gasteiger partial charge in [-0.05, 0) is 65.1 Å². The van der Waals surface area contributed by atoms with Crippen LogP contribution in [0.5, 0.6) is 5.75 Å². The lowest BCUT2D eigenvalue weighted by Gasteiger charge is -2.06. The smallest absolute Gasteiger partial charge is 0.344 e. The molecule has 4 nitrogen and oxygen atoms in total. The van der Waals surface area contributed by atoms with E-state index in [1.165, 1.54) is 49.6 Å². The Balaban J connectivity index is 2.14. The van der Waals surface area contributed by atoms with Crippen LogP contribution in [0.1, 0.15) is 20.7 Å². The fourth-order valence-corrected chi connectivity index (χ4v) is 2.29. The zero-order valence-corrected chi connectivity index (χ0v) is 13.1. The molecule has 0 fully saturated rings. The van der Waals surface area contributed by atoms with Gasteiger partial charge in [-0.1, -0.05) is 0 Å². The van der Waals surface area contributed by atoms with Crippen LogP contribution < -0.4 is 4.74 Å². The van der Waals surface area contributed by atoms with Gasteiger partial charge in [0.2, 0.25) is 0 Å². The van der Waals surface area contributed by atoms with Crippen molar-refractivity contribution >= 4 is 34.5 Å². The minimum Gasteiger partial charge on any atom is -0.465 e. The van der Waals surface area contributed by atoms with Crippen molar-refractivity contribution in [2.75, 3.05) is 7.11 Å². The lowest BCUT2D eigenvalue weighted by molar-refractivity contribution is 0.0600. The highest BCUT2D eigenvalue weighted by Crippen LogP contribution is 2.18. The predicted octanol–water partition coefficient (Wildman–Crippen LogP) is 3.44. The number of halogens is 2. The molecule has 0 aromatic heterocycles. The third-order valence-corrected chi connectivity index (χ3v) is 3.53. The number of carbonyl (C=O) groups excluding carboxylic acids is 2. The Labute approximate surface area is 134 Å². The van der Waals surface area contributed by atoms with Gasteiger partial charge in [0.25, 0.3) is 0 Å². The van der Waals surface area contributed by atoms with Gasteiger partial charge < -0.3 is 9.47 Å². The van der Waals surface area contributed by atoms with Gasteiger partial charge in [0.1, 0.15) is 11.6 Å². The van der Waals surface area contributed by atoms with E-state index in [2.05, 4.69) is 4.74 Å². The van der Waals surface area contributed by atoms with Crippen LogP contribution in [0.15, 0.2) is 42.5 Å². The molecule has 0 spiro atoms. The topological polar surface area (TPSA) is 52.6 Å². The van der Waals surface area contributed by atoms with E-state index >= 15 is 0 Å². The third kappa shape index (κ3) is 3.78. The van der Waals surface area contributed by atoms with Crippen LogP contribution in [-0.4, -0.2) is 19.0 Å². The first kappa shape index (κ1) is 15.4. The molecule has 0 aliphatic rings. The van der Waals surface area contributed by atoms with Gasteiger partial charge in [0.05, 0.1) is 18.2 Å². The average Bonchev–Trinajstić information content (AvgIpc) is 2.47. The molecule has 0 radical (unpaired) electrons. The van der Waals surface area contributed by atoms with Crippen molar-refractivity contribution in [3.05, 3.63) is 63.0 Å². The first-order valence-corrected chi connectivity index (χ1v) is 6.94. The lowest BCUT2D eigenvalue weighted by Crippen LogP contribution is -2.10. The summed E-state index contributed by atoms with van der Waals surface area (Å²) in [6.07, 6.45) is 0. The molecule has 2 aromatic carbocycles. The summed E-state index contributed by atoms with van der Waals surface area (Å²) in [4.78, 5) is 23.3. The molecule has 0 saturated carbocycles. The second-order valence-corrected chi connectivity index (χ2v) is 5.19. The molecule has 0 aliphatic heterocycles. The standard InChI is InChI=1S/C15H10FIO4/c1-20-14(18)9-2-5-11(6-3-9)21-15(19)12-7-4-10(16)8-13(12)17/h2-8H,1H3. The Hall–Kier alpha value is -1.96. The van der Waals surface area contributed by atoms with Gasteiger partial charge in [-0.25, -0.2) is 14.0 Å². The largest absolute Gasteiger partial charge is 0.465 e. The van der Waals surface area contributed by atoms with Gasteiger partial charge in [-0.15, -0.1) is 0 Å². The molecule has 0 N–H and O–H groups in total. The predicted molar refractivity (Wildman–Crippen MR) is 81.9 cm³/mol. The molecule has 6 heteroatoms. The number of hydrogen-bond acceptors (Lipinski definition) is 4. The van der Waals surface area contributed by atoms with Crippen molar-refractivity contribution in [3.63, 3.8) is 0 Å². The van der Waals surface area contributed by atoms with E-state index in [0.717, 1.165) is 0 Å². The maximum absolute atomic E-state index is 13.0. The molecular formula is C15H10FIO4. The van der Waals surface area contributed by atoms with E-state index in [0.29, 0.717) is 9.13 Å². The summed E-state index contributed by atoms with van der Waals surface area (Å²) >= 11 is 1.86. The second kappa shape index (κ2) is 6.66. The van der Waals surface area contributed by atoms with Crippen LogP contribution in [0.2, 0.25) is 0 Å². The summed E-state index contributed by atoms with van der Waals surface area (Å²) < 4.78 is 23.2. The normalized spacial score (nSPS) is 10.0. The van der Waals surface area contributed by atoms with E-state index in [9.17, 15) is 14.0 Å². The SMILES string of the molecule is COC(=O)c1ccc(OC(=O)c2ccc(F)cc2I)cc1.